The van der Waals surface area contributed by atoms with Gasteiger partial charge in [-0.3, -0.25) is 0 Å². The number of fused-ring (bicyclic) bond motifs is 2. The lowest BCUT2D eigenvalue weighted by Crippen LogP contribution is -2.35. The molecule has 1 heteroatoms. The molecule has 0 radical (unpaired) electrons. The number of hydrogen-bond donors (Lipinski definition) is 0. The van der Waals surface area contributed by atoms with Crippen molar-refractivity contribution in [3.05, 3.63) is 47.3 Å². The van der Waals surface area contributed by atoms with Crippen LogP contribution in [0.3, 0.4) is 0 Å². The van der Waals surface area contributed by atoms with Gasteiger partial charge in [0.2, 0.25) is 0 Å². The van der Waals surface area contributed by atoms with Crippen molar-refractivity contribution in [1.82, 2.24) is 0 Å². The monoisotopic (exact) mass is 382 g/mol. The fourth-order valence-electron chi connectivity index (χ4n) is 6.86. The van der Waals surface area contributed by atoms with E-state index < -0.39 is 0 Å². The minimum Gasteiger partial charge on any atom is -0.206 e. The molecule has 0 heterocycles. The van der Waals surface area contributed by atoms with E-state index in [1.807, 2.05) is 12.1 Å². The fourth-order valence-corrected chi connectivity index (χ4v) is 6.86. The van der Waals surface area contributed by atoms with Crippen molar-refractivity contribution < 1.29 is 4.39 Å². The summed E-state index contributed by atoms with van der Waals surface area (Å²) in [5, 5.41) is 0. The van der Waals surface area contributed by atoms with Gasteiger partial charge in [0, 0.05) is 0 Å². The van der Waals surface area contributed by atoms with Crippen LogP contribution in [0, 0.1) is 35.4 Å². The predicted molar refractivity (Wildman–Crippen MR) is 117 cm³/mol. The summed E-state index contributed by atoms with van der Waals surface area (Å²) >= 11 is 0. The molecule has 0 spiro atoms. The molecule has 5 unspecified atom stereocenters. The lowest BCUT2D eigenvalue weighted by molar-refractivity contribution is 0.0693. The van der Waals surface area contributed by atoms with Crippen LogP contribution in [0.25, 0.3) is 0 Å². The standard InChI is InChI=1S/C27H39F/c1-3-5-7-20-10-13-25-18-24(14-15-26(25)27(20)28)23-12-11-21-16-19(6-4-2)8-9-22(21)17-23/h3,10,13,19,21-24H,1,4-9,11-12,14-18H2,2H3. The summed E-state index contributed by atoms with van der Waals surface area (Å²) in [5.74, 6) is 4.80. The lowest BCUT2D eigenvalue weighted by atomic mass is 9.61. The Kier molecular flexibility index (Phi) is 6.59. The Morgan fingerprint density at radius 2 is 1.75 bits per heavy atom. The first kappa shape index (κ1) is 20.2. The first-order valence-electron chi connectivity index (χ1n) is 12.1. The lowest BCUT2D eigenvalue weighted by Gasteiger charge is -2.45. The normalized spacial score (nSPS) is 32.4. The average Bonchev–Trinajstić information content (AvgIpc) is 2.73. The highest BCUT2D eigenvalue weighted by atomic mass is 19.1. The van der Waals surface area contributed by atoms with E-state index in [9.17, 15) is 4.39 Å². The molecule has 0 aromatic heterocycles. The molecule has 2 fully saturated rings. The largest absolute Gasteiger partial charge is 0.206 e. The Hall–Kier alpha value is -1.11. The van der Waals surface area contributed by atoms with Crippen LogP contribution >= 0.6 is 0 Å². The molecule has 0 nitrogen and oxygen atoms in total. The first-order chi connectivity index (χ1) is 13.7. The van der Waals surface area contributed by atoms with Crippen LogP contribution in [0.1, 0.15) is 87.8 Å². The van der Waals surface area contributed by atoms with E-state index in [1.165, 1.54) is 63.4 Å². The van der Waals surface area contributed by atoms with E-state index in [2.05, 4.69) is 19.6 Å². The van der Waals surface area contributed by atoms with Gasteiger partial charge in [0.25, 0.3) is 0 Å². The molecule has 0 N–H and O–H groups in total. The Bertz CT molecular complexity index is 675. The van der Waals surface area contributed by atoms with Crippen molar-refractivity contribution in [2.45, 2.75) is 90.4 Å². The molecule has 0 aliphatic heterocycles. The molecule has 1 aromatic carbocycles. The summed E-state index contributed by atoms with van der Waals surface area (Å²) in [6.45, 7) is 6.12. The van der Waals surface area contributed by atoms with Crippen LogP contribution < -0.4 is 0 Å². The van der Waals surface area contributed by atoms with Gasteiger partial charge in [0.05, 0.1) is 0 Å². The van der Waals surface area contributed by atoms with Crippen molar-refractivity contribution >= 4 is 0 Å². The van der Waals surface area contributed by atoms with Crippen LogP contribution in [0.4, 0.5) is 4.39 Å². The molecule has 3 aliphatic carbocycles. The summed E-state index contributed by atoms with van der Waals surface area (Å²) in [4.78, 5) is 0. The number of hydrogen-bond acceptors (Lipinski definition) is 0. The summed E-state index contributed by atoms with van der Waals surface area (Å²) < 4.78 is 14.9. The maximum Gasteiger partial charge on any atom is 0.129 e. The highest BCUT2D eigenvalue weighted by Gasteiger charge is 2.38. The molecule has 5 atom stereocenters. The van der Waals surface area contributed by atoms with Crippen molar-refractivity contribution in [2.24, 2.45) is 29.6 Å². The third kappa shape index (κ3) is 4.24. The zero-order valence-electron chi connectivity index (χ0n) is 17.9. The number of halogens is 1. The van der Waals surface area contributed by atoms with Gasteiger partial charge in [-0.05, 0) is 110 Å². The molecule has 0 saturated heterocycles. The molecule has 0 bridgehead atoms. The minimum absolute atomic E-state index is 0.0933. The topological polar surface area (TPSA) is 0 Å². The molecular formula is C27H39F. The number of rotatable bonds is 6. The second-order valence-corrected chi connectivity index (χ2v) is 10.1. The number of aryl methyl sites for hydroxylation is 1. The van der Waals surface area contributed by atoms with E-state index in [-0.39, 0.29) is 5.82 Å². The van der Waals surface area contributed by atoms with Gasteiger partial charge < -0.3 is 0 Å². The third-order valence-electron chi connectivity index (χ3n) is 8.41. The van der Waals surface area contributed by atoms with E-state index in [0.717, 1.165) is 66.4 Å². The summed E-state index contributed by atoms with van der Waals surface area (Å²) in [6.07, 6.45) is 18.5. The fraction of sp³-hybridized carbons (Fsp3) is 0.704. The van der Waals surface area contributed by atoms with E-state index in [1.54, 1.807) is 0 Å². The number of allylic oxidation sites excluding steroid dienone is 1. The predicted octanol–water partition coefficient (Wildman–Crippen LogP) is 7.68. The van der Waals surface area contributed by atoms with Gasteiger partial charge in [0.1, 0.15) is 5.82 Å². The van der Waals surface area contributed by atoms with Crippen LogP contribution in [0.5, 0.6) is 0 Å². The van der Waals surface area contributed by atoms with Gasteiger partial charge in [-0.2, -0.15) is 0 Å². The zero-order chi connectivity index (χ0) is 19.5. The van der Waals surface area contributed by atoms with Crippen molar-refractivity contribution in [1.29, 1.82) is 0 Å². The Morgan fingerprint density at radius 3 is 2.54 bits per heavy atom. The highest BCUT2D eigenvalue weighted by Crippen LogP contribution is 2.49. The summed E-state index contributed by atoms with van der Waals surface area (Å²) in [6, 6.07) is 4.29. The average molecular weight is 383 g/mol. The third-order valence-corrected chi connectivity index (χ3v) is 8.41. The van der Waals surface area contributed by atoms with E-state index >= 15 is 0 Å². The Labute approximate surface area is 172 Å². The van der Waals surface area contributed by atoms with Crippen LogP contribution in [-0.2, 0) is 19.3 Å². The molecule has 4 rings (SSSR count). The maximum atomic E-state index is 14.9. The number of benzene rings is 1. The van der Waals surface area contributed by atoms with Crippen molar-refractivity contribution in [3.8, 4) is 0 Å². The quantitative estimate of drug-likeness (QED) is 0.442. The first-order valence-corrected chi connectivity index (χ1v) is 12.1. The van der Waals surface area contributed by atoms with Crippen molar-refractivity contribution in [3.63, 3.8) is 0 Å². The summed E-state index contributed by atoms with van der Waals surface area (Å²) in [7, 11) is 0. The van der Waals surface area contributed by atoms with Gasteiger partial charge in [-0.15, -0.1) is 6.58 Å². The summed E-state index contributed by atoms with van der Waals surface area (Å²) in [5.41, 5.74) is 3.23. The highest BCUT2D eigenvalue weighted by molar-refractivity contribution is 5.36. The van der Waals surface area contributed by atoms with Gasteiger partial charge in [-0.1, -0.05) is 44.4 Å². The molecule has 3 aliphatic rings. The van der Waals surface area contributed by atoms with Crippen LogP contribution in [-0.4, -0.2) is 0 Å². The molecular weight excluding hydrogens is 343 g/mol. The zero-order valence-corrected chi connectivity index (χ0v) is 17.9. The van der Waals surface area contributed by atoms with E-state index in [4.69, 9.17) is 0 Å². The van der Waals surface area contributed by atoms with Gasteiger partial charge in [-0.25, -0.2) is 4.39 Å². The SMILES string of the molecule is C=CCCc1ccc2c(c1F)CCC(C1CCC3CC(CCC)CCC3C1)C2. The van der Waals surface area contributed by atoms with Crippen LogP contribution in [0.2, 0.25) is 0 Å². The minimum atomic E-state index is 0.0933. The van der Waals surface area contributed by atoms with Crippen LogP contribution in [0.15, 0.2) is 24.8 Å². The Morgan fingerprint density at radius 1 is 1.00 bits per heavy atom. The molecule has 154 valence electrons. The van der Waals surface area contributed by atoms with Crippen molar-refractivity contribution in [2.75, 3.05) is 0 Å². The van der Waals surface area contributed by atoms with Gasteiger partial charge in [0.15, 0.2) is 0 Å². The molecule has 1 aromatic rings. The molecule has 2 saturated carbocycles. The second-order valence-electron chi connectivity index (χ2n) is 10.1. The second kappa shape index (κ2) is 9.14. The molecule has 28 heavy (non-hydrogen) atoms. The molecule has 0 amide bonds. The Balaban J connectivity index is 1.38. The van der Waals surface area contributed by atoms with E-state index in [0.29, 0.717) is 0 Å². The smallest absolute Gasteiger partial charge is 0.129 e. The van der Waals surface area contributed by atoms with Gasteiger partial charge >= 0.3 is 0 Å². The maximum absolute atomic E-state index is 14.9.